The summed E-state index contributed by atoms with van der Waals surface area (Å²) in [5.74, 6) is -0.314. The summed E-state index contributed by atoms with van der Waals surface area (Å²) in [5, 5.41) is 3.11. The van der Waals surface area contributed by atoms with Crippen LogP contribution in [0.4, 0.5) is 11.4 Å². The molecule has 0 aromatic heterocycles. The van der Waals surface area contributed by atoms with E-state index in [1.54, 1.807) is 0 Å². The summed E-state index contributed by atoms with van der Waals surface area (Å²) in [4.78, 5) is 10.5. The van der Waals surface area contributed by atoms with Gasteiger partial charge in [-0.2, -0.15) is 0 Å². The van der Waals surface area contributed by atoms with Gasteiger partial charge in [0, 0.05) is 28.8 Å². The third-order valence-corrected chi connectivity index (χ3v) is 2.70. The molecule has 1 aromatic carbocycles. The summed E-state index contributed by atoms with van der Waals surface area (Å²) < 4.78 is 0.884. The van der Waals surface area contributed by atoms with Crippen molar-refractivity contribution >= 4 is 33.2 Å². The van der Waals surface area contributed by atoms with Crippen LogP contribution < -0.4 is 16.8 Å². The Labute approximate surface area is 97.1 Å². The molecular weight excluding hydrogens is 258 g/mol. The monoisotopic (exact) mass is 271 g/mol. The zero-order chi connectivity index (χ0) is 11.4. The largest absolute Gasteiger partial charge is 0.398 e. The third-order valence-electron chi connectivity index (χ3n) is 2.04. The third kappa shape index (κ3) is 3.43. The summed E-state index contributed by atoms with van der Waals surface area (Å²) in [7, 11) is 0. The molecule has 5 heteroatoms. The molecule has 1 aromatic rings. The number of carbonyl (C=O) groups excluding carboxylic acids is 1. The molecule has 4 nitrogen and oxygen atoms in total. The molecule has 1 rings (SSSR count). The van der Waals surface area contributed by atoms with Crippen LogP contribution in [0.3, 0.4) is 0 Å². The fraction of sp³-hybridized carbons (Fsp3) is 0.300. The van der Waals surface area contributed by atoms with Crippen molar-refractivity contribution in [3.05, 3.63) is 22.2 Å². The highest BCUT2D eigenvalue weighted by Gasteiger charge is 2.03. The molecule has 0 aliphatic heterocycles. The number of hydrogen-bond donors (Lipinski definition) is 3. The van der Waals surface area contributed by atoms with Crippen LogP contribution in [0.25, 0.3) is 0 Å². The number of nitrogens with two attached hydrogens (primary N) is 2. The van der Waals surface area contributed by atoms with Crippen LogP contribution in [0.1, 0.15) is 12.0 Å². The lowest BCUT2D eigenvalue weighted by Crippen LogP contribution is -2.16. The predicted octanol–water partition coefficient (Wildman–Crippen LogP) is 1.63. The lowest BCUT2D eigenvalue weighted by atomic mass is 10.2. The van der Waals surface area contributed by atoms with E-state index in [2.05, 4.69) is 21.2 Å². The minimum absolute atomic E-state index is 0.314. The molecule has 0 atom stereocenters. The Morgan fingerprint density at radius 3 is 2.80 bits per heavy atom. The molecule has 82 valence electrons. The smallest absolute Gasteiger partial charge is 0.219 e. The Bertz CT molecular complexity index is 379. The Morgan fingerprint density at radius 2 is 2.20 bits per heavy atom. The molecule has 0 spiro atoms. The predicted molar refractivity (Wildman–Crippen MR) is 65.6 cm³/mol. The number of nitrogens with one attached hydrogen (secondary N) is 1. The maximum atomic E-state index is 10.5. The maximum absolute atomic E-state index is 10.5. The van der Waals surface area contributed by atoms with Crippen LogP contribution in [-0.4, -0.2) is 12.5 Å². The summed E-state index contributed by atoms with van der Waals surface area (Å²) in [6.07, 6.45) is 0.315. The van der Waals surface area contributed by atoms with Gasteiger partial charge in [0.1, 0.15) is 0 Å². The molecule has 1 amide bonds. The molecule has 0 saturated carbocycles. The molecule has 5 N–H and O–H groups in total. The van der Waals surface area contributed by atoms with E-state index in [-0.39, 0.29) is 5.91 Å². The number of rotatable bonds is 4. The molecule has 0 heterocycles. The van der Waals surface area contributed by atoms with Crippen molar-refractivity contribution in [3.8, 4) is 0 Å². The Kier molecular flexibility index (Phi) is 3.96. The van der Waals surface area contributed by atoms with Gasteiger partial charge in [-0.1, -0.05) is 0 Å². The number of carbonyl (C=O) groups is 1. The Balaban J connectivity index is 2.69. The number of amides is 1. The lowest BCUT2D eigenvalue weighted by Gasteiger charge is -2.10. The second kappa shape index (κ2) is 5.02. The maximum Gasteiger partial charge on any atom is 0.219 e. The minimum atomic E-state index is -0.314. The fourth-order valence-electron chi connectivity index (χ4n) is 1.15. The van der Waals surface area contributed by atoms with E-state index < -0.39 is 0 Å². The van der Waals surface area contributed by atoms with Gasteiger partial charge < -0.3 is 16.8 Å². The number of nitrogen functional groups attached to an aromatic ring is 1. The van der Waals surface area contributed by atoms with Crippen LogP contribution in [0.2, 0.25) is 0 Å². The number of anilines is 2. The normalized spacial score (nSPS) is 10.0. The van der Waals surface area contributed by atoms with Crippen molar-refractivity contribution in [2.45, 2.75) is 13.3 Å². The van der Waals surface area contributed by atoms with E-state index >= 15 is 0 Å². The molecule has 15 heavy (non-hydrogen) atoms. The summed E-state index contributed by atoms with van der Waals surface area (Å²) in [6, 6.07) is 3.77. The highest BCUT2D eigenvalue weighted by Crippen LogP contribution is 2.27. The van der Waals surface area contributed by atoms with Crippen LogP contribution in [0, 0.1) is 6.92 Å². The van der Waals surface area contributed by atoms with Crippen molar-refractivity contribution in [3.63, 3.8) is 0 Å². The molecule has 0 aliphatic rings. The first-order valence-corrected chi connectivity index (χ1v) is 5.38. The van der Waals surface area contributed by atoms with Crippen LogP contribution >= 0.6 is 15.9 Å². The quantitative estimate of drug-likeness (QED) is 0.728. The van der Waals surface area contributed by atoms with Gasteiger partial charge in [-0.05, 0) is 40.5 Å². The van der Waals surface area contributed by atoms with Gasteiger partial charge in [-0.25, -0.2) is 0 Å². The van der Waals surface area contributed by atoms with Crippen molar-refractivity contribution in [2.75, 3.05) is 17.6 Å². The van der Waals surface area contributed by atoms with Crippen molar-refractivity contribution in [1.29, 1.82) is 0 Å². The lowest BCUT2D eigenvalue weighted by molar-refractivity contribution is -0.117. The van der Waals surface area contributed by atoms with E-state index in [4.69, 9.17) is 11.5 Å². The van der Waals surface area contributed by atoms with Gasteiger partial charge in [-0.15, -0.1) is 0 Å². The summed E-state index contributed by atoms with van der Waals surface area (Å²) in [5.41, 5.74) is 13.4. The Hall–Kier alpha value is -1.23. The van der Waals surface area contributed by atoms with Crippen molar-refractivity contribution < 1.29 is 4.79 Å². The van der Waals surface area contributed by atoms with Gasteiger partial charge in [0.25, 0.3) is 0 Å². The number of primary amides is 1. The highest BCUT2D eigenvalue weighted by molar-refractivity contribution is 9.10. The zero-order valence-corrected chi connectivity index (χ0v) is 10.1. The van der Waals surface area contributed by atoms with Gasteiger partial charge in [0.05, 0.1) is 0 Å². The fourth-order valence-corrected chi connectivity index (χ4v) is 1.65. The van der Waals surface area contributed by atoms with Gasteiger partial charge in [0.15, 0.2) is 0 Å². The number of hydrogen-bond acceptors (Lipinski definition) is 3. The average molecular weight is 272 g/mol. The van der Waals surface area contributed by atoms with E-state index in [0.29, 0.717) is 13.0 Å². The van der Waals surface area contributed by atoms with E-state index in [1.165, 1.54) is 0 Å². The second-order valence-electron chi connectivity index (χ2n) is 3.33. The number of benzene rings is 1. The molecule has 0 aliphatic carbocycles. The number of aryl methyl sites for hydroxylation is 1. The second-order valence-corrected chi connectivity index (χ2v) is 4.19. The average Bonchev–Trinajstić information content (AvgIpc) is 2.13. The molecular formula is C10H14BrN3O. The Morgan fingerprint density at radius 1 is 1.53 bits per heavy atom. The van der Waals surface area contributed by atoms with Crippen molar-refractivity contribution in [1.82, 2.24) is 0 Å². The molecule has 0 bridgehead atoms. The molecule has 0 radical (unpaired) electrons. The van der Waals surface area contributed by atoms with Gasteiger partial charge in [-0.3, -0.25) is 4.79 Å². The SMILES string of the molecule is Cc1cc(NCCC(N)=O)c(Br)cc1N. The van der Waals surface area contributed by atoms with Crippen LogP contribution in [0.5, 0.6) is 0 Å². The molecule has 0 unspecified atom stereocenters. The minimum Gasteiger partial charge on any atom is -0.398 e. The van der Waals surface area contributed by atoms with Gasteiger partial charge in [0.2, 0.25) is 5.91 Å². The van der Waals surface area contributed by atoms with Crippen molar-refractivity contribution in [2.24, 2.45) is 5.73 Å². The van der Waals surface area contributed by atoms with Gasteiger partial charge >= 0.3 is 0 Å². The first-order valence-electron chi connectivity index (χ1n) is 4.58. The summed E-state index contributed by atoms with van der Waals surface area (Å²) >= 11 is 3.39. The standard InChI is InChI=1S/C10H14BrN3O/c1-6-4-9(7(11)5-8(6)12)14-3-2-10(13)15/h4-5,14H,2-3,12H2,1H3,(H2,13,15). The first kappa shape index (κ1) is 11.8. The highest BCUT2D eigenvalue weighted by atomic mass is 79.9. The van der Waals surface area contributed by atoms with E-state index in [1.807, 2.05) is 19.1 Å². The van der Waals surface area contributed by atoms with E-state index in [9.17, 15) is 4.79 Å². The molecule has 0 saturated heterocycles. The molecule has 0 fully saturated rings. The summed E-state index contributed by atoms with van der Waals surface area (Å²) in [6.45, 7) is 2.46. The van der Waals surface area contributed by atoms with Crippen LogP contribution in [0.15, 0.2) is 16.6 Å². The van der Waals surface area contributed by atoms with Crippen LogP contribution in [-0.2, 0) is 4.79 Å². The number of halogens is 1. The van der Waals surface area contributed by atoms with E-state index in [0.717, 1.165) is 21.4 Å². The zero-order valence-electron chi connectivity index (χ0n) is 8.51. The first-order chi connectivity index (χ1) is 7.00. The topological polar surface area (TPSA) is 81.1 Å².